The van der Waals surface area contributed by atoms with Gasteiger partial charge in [0, 0.05) is 0 Å². The third-order valence-corrected chi connectivity index (χ3v) is 3.69. The third kappa shape index (κ3) is 4.95. The van der Waals surface area contributed by atoms with E-state index in [1.165, 1.54) is 44.6 Å². The third-order valence-electron chi connectivity index (χ3n) is 3.69. The Kier molecular flexibility index (Phi) is 6.54. The van der Waals surface area contributed by atoms with Crippen molar-refractivity contribution in [1.82, 2.24) is 5.32 Å². The Morgan fingerprint density at radius 3 is 2.38 bits per heavy atom. The fourth-order valence-corrected chi connectivity index (χ4v) is 2.29. The number of amides is 1. The molecule has 0 fully saturated rings. The number of nitrogens with one attached hydrogen (secondary N) is 1. The SMILES string of the molecule is COC(=O)c1ccc(OCC(=O)NC(C)c2ccc(F)cc2)c(OC)c1. The zero-order valence-corrected chi connectivity index (χ0v) is 14.7. The quantitative estimate of drug-likeness (QED) is 0.768. The lowest BCUT2D eigenvalue weighted by Gasteiger charge is -2.15. The monoisotopic (exact) mass is 361 g/mol. The first kappa shape index (κ1) is 19.2. The van der Waals surface area contributed by atoms with Crippen LogP contribution in [-0.4, -0.2) is 32.7 Å². The van der Waals surface area contributed by atoms with Crippen LogP contribution in [0.25, 0.3) is 0 Å². The maximum atomic E-state index is 12.9. The highest BCUT2D eigenvalue weighted by Crippen LogP contribution is 2.28. The van der Waals surface area contributed by atoms with Gasteiger partial charge in [-0.05, 0) is 42.8 Å². The number of carbonyl (C=O) groups excluding carboxylic acids is 2. The van der Waals surface area contributed by atoms with Gasteiger partial charge in [0.1, 0.15) is 5.82 Å². The predicted molar refractivity (Wildman–Crippen MR) is 92.8 cm³/mol. The molecule has 6 nitrogen and oxygen atoms in total. The lowest BCUT2D eigenvalue weighted by Crippen LogP contribution is -2.31. The molecule has 1 atom stereocenters. The lowest BCUT2D eigenvalue weighted by atomic mass is 10.1. The van der Waals surface area contributed by atoms with Crippen LogP contribution in [0.2, 0.25) is 0 Å². The van der Waals surface area contributed by atoms with Gasteiger partial charge in [-0.3, -0.25) is 4.79 Å². The van der Waals surface area contributed by atoms with Crippen LogP contribution in [0.5, 0.6) is 11.5 Å². The van der Waals surface area contributed by atoms with E-state index in [2.05, 4.69) is 10.1 Å². The van der Waals surface area contributed by atoms with Crippen molar-refractivity contribution in [3.8, 4) is 11.5 Å². The number of ether oxygens (including phenoxy) is 3. The van der Waals surface area contributed by atoms with Crippen LogP contribution in [0.3, 0.4) is 0 Å². The van der Waals surface area contributed by atoms with Gasteiger partial charge < -0.3 is 19.5 Å². The van der Waals surface area contributed by atoms with Crippen LogP contribution in [-0.2, 0) is 9.53 Å². The number of benzene rings is 2. The number of carbonyl (C=O) groups is 2. The van der Waals surface area contributed by atoms with Crippen molar-refractivity contribution in [2.24, 2.45) is 0 Å². The molecule has 1 amide bonds. The van der Waals surface area contributed by atoms with E-state index >= 15 is 0 Å². The molecule has 0 aliphatic carbocycles. The molecule has 2 aromatic rings. The number of rotatable bonds is 7. The van der Waals surface area contributed by atoms with Gasteiger partial charge in [0.2, 0.25) is 0 Å². The maximum absolute atomic E-state index is 12.9. The van der Waals surface area contributed by atoms with Gasteiger partial charge in [-0.25, -0.2) is 9.18 Å². The van der Waals surface area contributed by atoms with E-state index in [0.29, 0.717) is 17.1 Å². The lowest BCUT2D eigenvalue weighted by molar-refractivity contribution is -0.123. The largest absolute Gasteiger partial charge is 0.493 e. The molecule has 0 aliphatic rings. The molecule has 2 rings (SSSR count). The molecule has 0 heterocycles. The standard InChI is InChI=1S/C19H20FNO5/c1-12(13-4-7-15(20)8-5-13)21-18(22)11-26-16-9-6-14(19(23)25-3)10-17(16)24-2/h4-10,12H,11H2,1-3H3,(H,21,22). The smallest absolute Gasteiger partial charge is 0.337 e. The van der Waals surface area contributed by atoms with Gasteiger partial charge in [-0.2, -0.15) is 0 Å². The first-order chi connectivity index (χ1) is 12.4. The van der Waals surface area contributed by atoms with E-state index in [9.17, 15) is 14.0 Å². The molecular weight excluding hydrogens is 341 g/mol. The minimum absolute atomic E-state index is 0.237. The van der Waals surface area contributed by atoms with Crippen molar-refractivity contribution < 1.29 is 28.2 Å². The second-order valence-corrected chi connectivity index (χ2v) is 5.49. The molecular formula is C19H20FNO5. The van der Waals surface area contributed by atoms with Gasteiger partial charge >= 0.3 is 5.97 Å². The van der Waals surface area contributed by atoms with E-state index in [1.54, 1.807) is 19.1 Å². The van der Waals surface area contributed by atoms with Crippen LogP contribution in [0.4, 0.5) is 4.39 Å². The molecule has 7 heteroatoms. The van der Waals surface area contributed by atoms with E-state index in [1.807, 2.05) is 0 Å². The highest BCUT2D eigenvalue weighted by Gasteiger charge is 2.14. The Morgan fingerprint density at radius 1 is 1.08 bits per heavy atom. The summed E-state index contributed by atoms with van der Waals surface area (Å²) in [6, 6.07) is 10.1. The first-order valence-electron chi connectivity index (χ1n) is 7.88. The Hall–Kier alpha value is -3.09. The summed E-state index contributed by atoms with van der Waals surface area (Å²) in [6.45, 7) is 1.55. The number of esters is 1. The number of halogens is 1. The summed E-state index contributed by atoms with van der Waals surface area (Å²) in [4.78, 5) is 23.6. The van der Waals surface area contributed by atoms with Crippen LogP contribution >= 0.6 is 0 Å². The fraction of sp³-hybridized carbons (Fsp3) is 0.263. The average Bonchev–Trinajstić information content (AvgIpc) is 2.66. The van der Waals surface area contributed by atoms with E-state index in [0.717, 1.165) is 5.56 Å². The minimum Gasteiger partial charge on any atom is -0.493 e. The molecule has 1 N–H and O–H groups in total. The van der Waals surface area contributed by atoms with E-state index in [4.69, 9.17) is 9.47 Å². The molecule has 138 valence electrons. The van der Waals surface area contributed by atoms with Crippen LogP contribution in [0.15, 0.2) is 42.5 Å². The second-order valence-electron chi connectivity index (χ2n) is 5.49. The second kappa shape index (κ2) is 8.84. The molecule has 0 saturated heterocycles. The van der Waals surface area contributed by atoms with Crippen LogP contribution in [0, 0.1) is 5.82 Å². The Balaban J connectivity index is 1.96. The van der Waals surface area contributed by atoms with Crippen molar-refractivity contribution in [2.45, 2.75) is 13.0 Å². The molecule has 0 bridgehead atoms. The Bertz CT molecular complexity index is 776. The van der Waals surface area contributed by atoms with E-state index < -0.39 is 5.97 Å². The molecule has 0 spiro atoms. The summed E-state index contributed by atoms with van der Waals surface area (Å²) in [6.07, 6.45) is 0. The predicted octanol–water partition coefficient (Wildman–Crippen LogP) is 2.88. The van der Waals surface area contributed by atoms with Gasteiger partial charge in [-0.15, -0.1) is 0 Å². The molecule has 0 aliphatic heterocycles. The fourth-order valence-electron chi connectivity index (χ4n) is 2.29. The number of hydrogen-bond donors (Lipinski definition) is 1. The summed E-state index contributed by atoms with van der Waals surface area (Å²) < 4.78 is 28.2. The number of methoxy groups -OCH3 is 2. The van der Waals surface area contributed by atoms with Gasteiger partial charge in [0.05, 0.1) is 25.8 Å². The van der Waals surface area contributed by atoms with Crippen molar-refractivity contribution >= 4 is 11.9 Å². The zero-order valence-electron chi connectivity index (χ0n) is 14.7. The van der Waals surface area contributed by atoms with Crippen molar-refractivity contribution in [3.63, 3.8) is 0 Å². The highest BCUT2D eigenvalue weighted by atomic mass is 19.1. The van der Waals surface area contributed by atoms with Gasteiger partial charge in [0.15, 0.2) is 18.1 Å². The normalized spacial score (nSPS) is 11.4. The Morgan fingerprint density at radius 2 is 1.77 bits per heavy atom. The summed E-state index contributed by atoms with van der Waals surface area (Å²) in [5.74, 6) is -0.545. The summed E-state index contributed by atoms with van der Waals surface area (Å²) in [7, 11) is 2.71. The molecule has 0 saturated carbocycles. The minimum atomic E-state index is -0.499. The molecule has 2 aromatic carbocycles. The Labute approximate surface area is 150 Å². The zero-order chi connectivity index (χ0) is 19.1. The van der Waals surface area contributed by atoms with Gasteiger partial charge in [0.25, 0.3) is 5.91 Å². The molecule has 0 aromatic heterocycles. The van der Waals surface area contributed by atoms with Crippen LogP contribution < -0.4 is 14.8 Å². The van der Waals surface area contributed by atoms with Crippen LogP contribution in [0.1, 0.15) is 28.9 Å². The van der Waals surface area contributed by atoms with E-state index in [-0.39, 0.29) is 24.4 Å². The van der Waals surface area contributed by atoms with Crippen molar-refractivity contribution in [3.05, 3.63) is 59.4 Å². The summed E-state index contributed by atoms with van der Waals surface area (Å²) >= 11 is 0. The molecule has 1 unspecified atom stereocenters. The van der Waals surface area contributed by atoms with Gasteiger partial charge in [-0.1, -0.05) is 12.1 Å². The van der Waals surface area contributed by atoms with Crippen molar-refractivity contribution in [1.29, 1.82) is 0 Å². The maximum Gasteiger partial charge on any atom is 0.337 e. The topological polar surface area (TPSA) is 73.9 Å². The average molecular weight is 361 g/mol. The molecule has 0 radical (unpaired) electrons. The summed E-state index contributed by atoms with van der Waals surface area (Å²) in [5, 5.41) is 2.76. The number of hydrogen-bond acceptors (Lipinski definition) is 5. The highest BCUT2D eigenvalue weighted by molar-refractivity contribution is 5.90. The summed E-state index contributed by atoms with van der Waals surface area (Å²) in [5.41, 5.74) is 1.09. The molecule has 26 heavy (non-hydrogen) atoms. The van der Waals surface area contributed by atoms with Crippen molar-refractivity contribution in [2.75, 3.05) is 20.8 Å². The first-order valence-corrected chi connectivity index (χ1v) is 7.88.